The zero-order chi connectivity index (χ0) is 9.26. The average Bonchev–Trinajstić information content (AvgIpc) is 2.83. The molecule has 0 radical (unpaired) electrons. The second-order valence-corrected chi connectivity index (χ2v) is 3.04. The van der Waals surface area contributed by atoms with E-state index in [4.69, 9.17) is 10.3 Å². The largest absolute Gasteiger partial charge is 0.352 e. The second kappa shape index (κ2) is 3.04. The number of carbonyl (C=O) groups excluding carboxylic acids is 1. The standard InChI is InChI=1S/C7H10N4O2/c8-7(12)9-3-5-10-6(13-11-5)4-1-2-4/h4H,1-3H2,(H3,8,9,12). The Morgan fingerprint density at radius 3 is 3.08 bits per heavy atom. The van der Waals surface area contributed by atoms with Gasteiger partial charge in [0.05, 0.1) is 6.54 Å². The van der Waals surface area contributed by atoms with E-state index in [2.05, 4.69) is 15.5 Å². The average molecular weight is 182 g/mol. The van der Waals surface area contributed by atoms with E-state index in [1.54, 1.807) is 0 Å². The van der Waals surface area contributed by atoms with Crippen molar-refractivity contribution < 1.29 is 9.32 Å². The predicted molar refractivity (Wildman–Crippen MR) is 42.7 cm³/mol. The molecule has 1 aliphatic rings. The molecule has 0 bridgehead atoms. The summed E-state index contributed by atoms with van der Waals surface area (Å²) in [6.07, 6.45) is 2.23. The number of nitrogens with zero attached hydrogens (tertiary/aromatic N) is 2. The highest BCUT2D eigenvalue weighted by Gasteiger charge is 2.29. The highest BCUT2D eigenvalue weighted by Crippen LogP contribution is 2.38. The van der Waals surface area contributed by atoms with Crippen LogP contribution in [0.2, 0.25) is 0 Å². The molecular weight excluding hydrogens is 172 g/mol. The van der Waals surface area contributed by atoms with E-state index in [1.807, 2.05) is 0 Å². The first-order chi connectivity index (χ1) is 6.25. The van der Waals surface area contributed by atoms with Crippen LogP contribution < -0.4 is 11.1 Å². The van der Waals surface area contributed by atoms with E-state index in [0.29, 0.717) is 17.6 Å². The molecule has 6 nitrogen and oxygen atoms in total. The Morgan fingerprint density at radius 1 is 1.69 bits per heavy atom. The van der Waals surface area contributed by atoms with Crippen molar-refractivity contribution in [3.05, 3.63) is 11.7 Å². The Labute approximate surface area is 74.5 Å². The fourth-order valence-electron chi connectivity index (χ4n) is 1.00. The molecule has 2 rings (SSSR count). The number of hydrogen-bond donors (Lipinski definition) is 2. The van der Waals surface area contributed by atoms with Crippen molar-refractivity contribution in [2.75, 3.05) is 0 Å². The highest BCUT2D eigenvalue weighted by atomic mass is 16.5. The molecule has 0 aliphatic heterocycles. The Kier molecular flexibility index (Phi) is 1.88. The molecule has 0 atom stereocenters. The molecule has 0 spiro atoms. The van der Waals surface area contributed by atoms with Crippen LogP contribution >= 0.6 is 0 Å². The smallest absolute Gasteiger partial charge is 0.312 e. The van der Waals surface area contributed by atoms with Gasteiger partial charge in [0.25, 0.3) is 0 Å². The van der Waals surface area contributed by atoms with E-state index in [9.17, 15) is 4.79 Å². The van der Waals surface area contributed by atoms with Gasteiger partial charge in [-0.15, -0.1) is 0 Å². The lowest BCUT2D eigenvalue weighted by Crippen LogP contribution is -2.29. The molecule has 3 N–H and O–H groups in total. The lowest BCUT2D eigenvalue weighted by atomic mass is 10.4. The van der Waals surface area contributed by atoms with Gasteiger partial charge >= 0.3 is 6.03 Å². The number of nitrogens with one attached hydrogen (secondary N) is 1. The van der Waals surface area contributed by atoms with Crippen LogP contribution in [0.5, 0.6) is 0 Å². The van der Waals surface area contributed by atoms with E-state index >= 15 is 0 Å². The molecule has 1 fully saturated rings. The molecule has 1 aromatic heterocycles. The van der Waals surface area contributed by atoms with Crippen LogP contribution in [-0.2, 0) is 6.54 Å². The topological polar surface area (TPSA) is 94.0 Å². The van der Waals surface area contributed by atoms with Gasteiger partial charge in [0, 0.05) is 5.92 Å². The molecule has 1 aliphatic carbocycles. The molecule has 0 saturated heterocycles. The minimum Gasteiger partial charge on any atom is -0.352 e. The number of nitrogens with two attached hydrogens (primary N) is 1. The van der Waals surface area contributed by atoms with Crippen molar-refractivity contribution in [1.82, 2.24) is 15.5 Å². The summed E-state index contributed by atoms with van der Waals surface area (Å²) >= 11 is 0. The Hall–Kier alpha value is -1.59. The first-order valence-electron chi connectivity index (χ1n) is 4.11. The number of urea groups is 1. The molecule has 0 aromatic carbocycles. The molecular formula is C7H10N4O2. The number of carbonyl (C=O) groups is 1. The minimum absolute atomic E-state index is 0.228. The third-order valence-corrected chi connectivity index (χ3v) is 1.83. The van der Waals surface area contributed by atoms with Gasteiger partial charge in [-0.05, 0) is 12.8 Å². The third kappa shape index (κ3) is 1.95. The molecule has 70 valence electrons. The van der Waals surface area contributed by atoms with Gasteiger partial charge in [-0.3, -0.25) is 0 Å². The maximum absolute atomic E-state index is 10.4. The Balaban J connectivity index is 1.92. The Morgan fingerprint density at radius 2 is 2.46 bits per heavy atom. The van der Waals surface area contributed by atoms with Crippen molar-refractivity contribution in [1.29, 1.82) is 0 Å². The van der Waals surface area contributed by atoms with Crippen molar-refractivity contribution in [2.45, 2.75) is 25.3 Å². The summed E-state index contributed by atoms with van der Waals surface area (Å²) in [6.45, 7) is 0.228. The van der Waals surface area contributed by atoms with Crippen LogP contribution in [0.3, 0.4) is 0 Å². The molecule has 2 amide bonds. The zero-order valence-corrected chi connectivity index (χ0v) is 6.99. The van der Waals surface area contributed by atoms with E-state index in [-0.39, 0.29) is 6.54 Å². The highest BCUT2D eigenvalue weighted by molar-refractivity contribution is 5.71. The van der Waals surface area contributed by atoms with E-state index in [0.717, 1.165) is 12.8 Å². The lowest BCUT2D eigenvalue weighted by molar-refractivity contribution is 0.248. The van der Waals surface area contributed by atoms with Gasteiger partial charge in [-0.1, -0.05) is 5.16 Å². The Bertz CT molecular complexity index is 318. The van der Waals surface area contributed by atoms with Crippen LogP contribution in [0.1, 0.15) is 30.5 Å². The first kappa shape index (κ1) is 8.03. The summed E-state index contributed by atoms with van der Waals surface area (Å²) in [5.41, 5.74) is 4.88. The normalized spacial score (nSPS) is 15.7. The van der Waals surface area contributed by atoms with Crippen LogP contribution in [0.4, 0.5) is 4.79 Å². The predicted octanol–water partition coefficient (Wildman–Crippen LogP) is 0.115. The lowest BCUT2D eigenvalue weighted by Gasteiger charge is -1.93. The SMILES string of the molecule is NC(=O)NCc1noc(C2CC2)n1. The van der Waals surface area contributed by atoms with Gasteiger partial charge < -0.3 is 15.6 Å². The van der Waals surface area contributed by atoms with Crippen molar-refractivity contribution in [3.8, 4) is 0 Å². The number of primary amides is 1. The molecule has 1 heterocycles. The fourth-order valence-corrected chi connectivity index (χ4v) is 1.00. The van der Waals surface area contributed by atoms with Crippen molar-refractivity contribution in [2.24, 2.45) is 5.73 Å². The monoisotopic (exact) mass is 182 g/mol. The number of amides is 2. The zero-order valence-electron chi connectivity index (χ0n) is 6.99. The van der Waals surface area contributed by atoms with Crippen LogP contribution in [0.15, 0.2) is 4.52 Å². The molecule has 6 heteroatoms. The summed E-state index contributed by atoms with van der Waals surface area (Å²) in [7, 11) is 0. The molecule has 13 heavy (non-hydrogen) atoms. The van der Waals surface area contributed by atoms with Gasteiger partial charge in [0.15, 0.2) is 5.82 Å². The van der Waals surface area contributed by atoms with Gasteiger partial charge in [-0.2, -0.15) is 4.98 Å². The number of aromatic nitrogens is 2. The quantitative estimate of drug-likeness (QED) is 0.693. The van der Waals surface area contributed by atoms with Crippen molar-refractivity contribution in [3.63, 3.8) is 0 Å². The van der Waals surface area contributed by atoms with Crippen LogP contribution in [0.25, 0.3) is 0 Å². The van der Waals surface area contributed by atoms with Crippen LogP contribution in [-0.4, -0.2) is 16.2 Å². The van der Waals surface area contributed by atoms with Gasteiger partial charge in [-0.25, -0.2) is 4.79 Å². The summed E-state index contributed by atoms with van der Waals surface area (Å²) in [4.78, 5) is 14.4. The van der Waals surface area contributed by atoms with Gasteiger partial charge in [0.1, 0.15) is 0 Å². The first-order valence-corrected chi connectivity index (χ1v) is 4.11. The number of rotatable bonds is 3. The maximum Gasteiger partial charge on any atom is 0.312 e. The van der Waals surface area contributed by atoms with Crippen LogP contribution in [0, 0.1) is 0 Å². The molecule has 0 unspecified atom stereocenters. The summed E-state index contributed by atoms with van der Waals surface area (Å²) < 4.78 is 4.97. The molecule has 1 aromatic rings. The summed E-state index contributed by atoms with van der Waals surface area (Å²) in [6, 6.07) is -0.585. The minimum atomic E-state index is -0.585. The van der Waals surface area contributed by atoms with Gasteiger partial charge in [0.2, 0.25) is 5.89 Å². The third-order valence-electron chi connectivity index (χ3n) is 1.83. The number of hydrogen-bond acceptors (Lipinski definition) is 4. The summed E-state index contributed by atoms with van der Waals surface area (Å²) in [5.74, 6) is 1.58. The second-order valence-electron chi connectivity index (χ2n) is 3.04. The fraction of sp³-hybridized carbons (Fsp3) is 0.571. The maximum atomic E-state index is 10.4. The van der Waals surface area contributed by atoms with E-state index < -0.39 is 6.03 Å². The summed E-state index contributed by atoms with van der Waals surface area (Å²) in [5, 5.41) is 6.08. The van der Waals surface area contributed by atoms with Crippen molar-refractivity contribution >= 4 is 6.03 Å². The van der Waals surface area contributed by atoms with E-state index in [1.165, 1.54) is 0 Å². The molecule has 1 saturated carbocycles.